The van der Waals surface area contributed by atoms with Gasteiger partial charge < -0.3 is 9.73 Å². The van der Waals surface area contributed by atoms with Crippen LogP contribution >= 0.6 is 0 Å². The lowest BCUT2D eigenvalue weighted by atomic mass is 9.52. The molecule has 0 radical (unpaired) electrons. The Morgan fingerprint density at radius 2 is 1.71 bits per heavy atom. The first-order valence-corrected chi connectivity index (χ1v) is 8.74. The molecule has 21 heavy (non-hydrogen) atoms. The Labute approximate surface area is 127 Å². The molecule has 0 atom stereocenters. The van der Waals surface area contributed by atoms with E-state index in [1.807, 2.05) is 0 Å². The van der Waals surface area contributed by atoms with Crippen molar-refractivity contribution in [1.29, 1.82) is 0 Å². The molecule has 0 saturated heterocycles. The van der Waals surface area contributed by atoms with Crippen LogP contribution < -0.4 is 5.32 Å². The predicted octanol–water partition coefficient (Wildman–Crippen LogP) is 3.15. The Morgan fingerprint density at radius 1 is 1.05 bits per heavy atom. The van der Waals surface area contributed by atoms with Crippen molar-refractivity contribution in [3.8, 4) is 0 Å². The number of aromatic nitrogens is 2. The highest BCUT2D eigenvalue weighted by Crippen LogP contribution is 2.59. The van der Waals surface area contributed by atoms with Gasteiger partial charge in [0.25, 0.3) is 0 Å². The van der Waals surface area contributed by atoms with Crippen molar-refractivity contribution in [3.05, 3.63) is 11.8 Å². The van der Waals surface area contributed by atoms with Crippen LogP contribution in [0.15, 0.2) is 4.42 Å². The minimum absolute atomic E-state index is 0.511. The van der Waals surface area contributed by atoms with Crippen molar-refractivity contribution in [2.75, 3.05) is 6.54 Å². The standard InChI is InChI=1S/C17H27N3O/c1-10(2)18-4-3-15-19-20-17(21-15)16-13-6-11-5-12(8-13)9-14(16)7-11/h10-14,16,18H,3-9H2,1-2H3. The third-order valence-corrected chi connectivity index (χ3v) is 5.89. The van der Waals surface area contributed by atoms with Gasteiger partial charge in [-0.1, -0.05) is 13.8 Å². The van der Waals surface area contributed by atoms with Crippen LogP contribution in [0.1, 0.15) is 63.7 Å². The smallest absolute Gasteiger partial charge is 0.220 e. The Kier molecular flexibility index (Phi) is 3.52. The molecule has 4 saturated carbocycles. The van der Waals surface area contributed by atoms with Crippen molar-refractivity contribution in [2.45, 2.75) is 64.3 Å². The molecule has 1 heterocycles. The summed E-state index contributed by atoms with van der Waals surface area (Å²) in [6, 6.07) is 0.511. The largest absolute Gasteiger partial charge is 0.425 e. The van der Waals surface area contributed by atoms with Crippen LogP contribution in [0.25, 0.3) is 0 Å². The van der Waals surface area contributed by atoms with E-state index in [1.54, 1.807) is 0 Å². The molecule has 4 bridgehead atoms. The van der Waals surface area contributed by atoms with Gasteiger partial charge in [0.2, 0.25) is 11.8 Å². The zero-order valence-corrected chi connectivity index (χ0v) is 13.2. The molecule has 0 unspecified atom stereocenters. The number of rotatable bonds is 5. The predicted molar refractivity (Wildman–Crippen MR) is 80.9 cm³/mol. The summed E-state index contributed by atoms with van der Waals surface area (Å²) in [7, 11) is 0. The fraction of sp³-hybridized carbons (Fsp3) is 0.882. The lowest BCUT2D eigenvalue weighted by Crippen LogP contribution is -2.43. The lowest BCUT2D eigenvalue weighted by Gasteiger charge is -2.53. The highest BCUT2D eigenvalue weighted by atomic mass is 16.4. The maximum absolute atomic E-state index is 6.03. The molecule has 0 aliphatic heterocycles. The molecule has 5 rings (SSSR count). The molecule has 0 aromatic carbocycles. The first-order valence-electron chi connectivity index (χ1n) is 8.74. The van der Waals surface area contributed by atoms with Crippen molar-refractivity contribution in [1.82, 2.24) is 15.5 Å². The minimum Gasteiger partial charge on any atom is -0.425 e. The number of hydrogen-bond donors (Lipinski definition) is 1. The molecule has 4 heteroatoms. The fourth-order valence-corrected chi connectivity index (χ4v) is 5.30. The van der Waals surface area contributed by atoms with E-state index in [0.717, 1.165) is 48.4 Å². The monoisotopic (exact) mass is 289 g/mol. The maximum atomic E-state index is 6.03. The molecule has 4 nitrogen and oxygen atoms in total. The van der Waals surface area contributed by atoms with Crippen molar-refractivity contribution < 1.29 is 4.42 Å². The van der Waals surface area contributed by atoms with Gasteiger partial charge in [-0.2, -0.15) is 0 Å². The quantitative estimate of drug-likeness (QED) is 0.904. The van der Waals surface area contributed by atoms with Crippen LogP contribution in [-0.2, 0) is 6.42 Å². The average molecular weight is 289 g/mol. The lowest BCUT2D eigenvalue weighted by molar-refractivity contribution is -0.0118. The second-order valence-electron chi connectivity index (χ2n) is 7.85. The molecule has 4 aliphatic rings. The molecule has 0 spiro atoms. The number of nitrogens with zero attached hydrogens (tertiary/aromatic N) is 2. The maximum Gasteiger partial charge on any atom is 0.220 e. The van der Waals surface area contributed by atoms with Crippen LogP contribution in [0.4, 0.5) is 0 Å². The summed E-state index contributed by atoms with van der Waals surface area (Å²) in [5.41, 5.74) is 0. The van der Waals surface area contributed by atoms with Gasteiger partial charge >= 0.3 is 0 Å². The molecular weight excluding hydrogens is 262 g/mol. The van der Waals surface area contributed by atoms with E-state index in [4.69, 9.17) is 4.42 Å². The highest BCUT2D eigenvalue weighted by Gasteiger charge is 2.50. The van der Waals surface area contributed by atoms with Crippen LogP contribution in [0.3, 0.4) is 0 Å². The number of nitrogens with one attached hydrogen (secondary N) is 1. The van der Waals surface area contributed by atoms with E-state index in [1.165, 1.54) is 32.1 Å². The fourth-order valence-electron chi connectivity index (χ4n) is 5.30. The molecule has 1 aromatic heterocycles. The Balaban J connectivity index is 1.43. The summed E-state index contributed by atoms with van der Waals surface area (Å²) in [6.45, 7) is 5.24. The van der Waals surface area contributed by atoms with Gasteiger partial charge in [0.15, 0.2) is 0 Å². The van der Waals surface area contributed by atoms with Gasteiger partial charge in [-0.25, -0.2) is 0 Å². The second kappa shape index (κ2) is 5.38. The van der Waals surface area contributed by atoms with Crippen molar-refractivity contribution >= 4 is 0 Å². The molecule has 116 valence electrons. The number of hydrogen-bond acceptors (Lipinski definition) is 4. The first-order chi connectivity index (χ1) is 10.2. The summed E-state index contributed by atoms with van der Waals surface area (Å²) in [4.78, 5) is 0. The molecule has 4 fully saturated rings. The van der Waals surface area contributed by atoms with Gasteiger partial charge in [0, 0.05) is 24.9 Å². The third-order valence-electron chi connectivity index (χ3n) is 5.89. The first kappa shape index (κ1) is 13.7. The van der Waals surface area contributed by atoms with E-state index in [0.29, 0.717) is 12.0 Å². The van der Waals surface area contributed by atoms with Gasteiger partial charge in [0.05, 0.1) is 0 Å². The molecule has 0 amide bonds. The molecule has 1 N–H and O–H groups in total. The summed E-state index contributed by atoms with van der Waals surface area (Å²) in [6.07, 6.45) is 7.97. The summed E-state index contributed by atoms with van der Waals surface area (Å²) in [5.74, 6) is 5.97. The van der Waals surface area contributed by atoms with E-state index < -0.39 is 0 Å². The average Bonchev–Trinajstić information content (AvgIpc) is 2.85. The van der Waals surface area contributed by atoms with Gasteiger partial charge in [-0.05, 0) is 55.8 Å². The molecule has 1 aromatic rings. The van der Waals surface area contributed by atoms with Crippen molar-refractivity contribution in [3.63, 3.8) is 0 Å². The summed E-state index contributed by atoms with van der Waals surface area (Å²) >= 11 is 0. The Morgan fingerprint density at radius 3 is 2.33 bits per heavy atom. The third kappa shape index (κ3) is 2.63. The second-order valence-corrected chi connectivity index (χ2v) is 7.85. The summed E-state index contributed by atoms with van der Waals surface area (Å²) < 4.78 is 6.03. The topological polar surface area (TPSA) is 51.0 Å². The van der Waals surface area contributed by atoms with Gasteiger partial charge in [-0.15, -0.1) is 10.2 Å². The van der Waals surface area contributed by atoms with Crippen LogP contribution in [0.2, 0.25) is 0 Å². The zero-order valence-electron chi connectivity index (χ0n) is 13.2. The summed E-state index contributed by atoms with van der Waals surface area (Å²) in [5, 5.41) is 12.1. The zero-order chi connectivity index (χ0) is 14.4. The van der Waals surface area contributed by atoms with Crippen molar-refractivity contribution in [2.24, 2.45) is 23.7 Å². The molecule has 4 aliphatic carbocycles. The van der Waals surface area contributed by atoms with E-state index in [2.05, 4.69) is 29.4 Å². The Hall–Kier alpha value is -0.900. The minimum atomic E-state index is 0.511. The van der Waals surface area contributed by atoms with Crippen LogP contribution in [0.5, 0.6) is 0 Å². The van der Waals surface area contributed by atoms with Crippen LogP contribution in [-0.4, -0.2) is 22.8 Å². The molecular formula is C17H27N3O. The SMILES string of the molecule is CC(C)NCCc1nnc(C2C3CC4CC(C3)CC2C4)o1. The van der Waals surface area contributed by atoms with Gasteiger partial charge in [0.1, 0.15) is 0 Å². The van der Waals surface area contributed by atoms with E-state index in [-0.39, 0.29) is 0 Å². The van der Waals surface area contributed by atoms with Crippen LogP contribution in [0, 0.1) is 23.7 Å². The normalized spacial score (nSPS) is 37.6. The van der Waals surface area contributed by atoms with Gasteiger partial charge in [-0.3, -0.25) is 0 Å². The Bertz CT molecular complexity index is 468. The van der Waals surface area contributed by atoms with E-state index in [9.17, 15) is 0 Å². The highest BCUT2D eigenvalue weighted by molar-refractivity contribution is 5.08. The van der Waals surface area contributed by atoms with E-state index >= 15 is 0 Å².